The van der Waals surface area contributed by atoms with E-state index < -0.39 is 0 Å². The smallest absolute Gasteiger partial charge is 0.0316 e. The van der Waals surface area contributed by atoms with E-state index in [0.29, 0.717) is 10.8 Å². The summed E-state index contributed by atoms with van der Waals surface area (Å²) in [6.07, 6.45) is 5.31. The average Bonchev–Trinajstić information content (AvgIpc) is 2.36. The Morgan fingerprint density at radius 1 is 0.591 bits per heavy atom. The fraction of sp³-hybridized carbons (Fsp3) is 1.00. The second-order valence-electron chi connectivity index (χ2n) is 9.45. The number of piperidine rings is 2. The van der Waals surface area contributed by atoms with E-state index in [4.69, 9.17) is 0 Å². The Balaban J connectivity index is 2.03. The predicted octanol–water partition coefficient (Wildman–Crippen LogP) is 6.00. The van der Waals surface area contributed by atoms with E-state index in [1.807, 2.05) is 22.0 Å². The van der Waals surface area contributed by atoms with Crippen molar-refractivity contribution in [3.63, 3.8) is 0 Å². The Bertz CT molecular complexity index is 364. The van der Waals surface area contributed by atoms with Gasteiger partial charge in [-0.3, -0.25) is 0 Å². The van der Waals surface area contributed by atoms with E-state index in [-0.39, 0.29) is 11.1 Å². The number of rotatable bonds is 3. The van der Waals surface area contributed by atoms with Crippen molar-refractivity contribution in [2.24, 2.45) is 10.8 Å². The summed E-state index contributed by atoms with van der Waals surface area (Å²) in [7, 11) is 3.98. The molecule has 0 saturated carbocycles. The van der Waals surface area contributed by atoms with Gasteiger partial charge in [0.25, 0.3) is 0 Å². The molecule has 4 heteroatoms. The minimum atomic E-state index is 0.248. The molecule has 0 spiro atoms. The zero-order valence-electron chi connectivity index (χ0n) is 16.0. The van der Waals surface area contributed by atoms with E-state index in [0.717, 1.165) is 0 Å². The zero-order valence-corrected chi connectivity index (χ0v) is 17.6. The molecule has 0 unspecified atom stereocenters. The summed E-state index contributed by atoms with van der Waals surface area (Å²) >= 11 is 0. The average molecular weight is 345 g/mol. The monoisotopic (exact) mass is 344 g/mol. The molecule has 0 aromatic heterocycles. The van der Waals surface area contributed by atoms with E-state index >= 15 is 0 Å². The lowest BCUT2D eigenvalue weighted by atomic mass is 9.69. The van der Waals surface area contributed by atoms with E-state index in [9.17, 15) is 0 Å². The summed E-state index contributed by atoms with van der Waals surface area (Å²) in [6, 6.07) is 0. The molecule has 0 aromatic rings. The maximum atomic E-state index is 2.64. The minimum Gasteiger partial charge on any atom is -0.234 e. The molecule has 0 amide bonds. The van der Waals surface area contributed by atoms with Crippen LogP contribution < -0.4 is 0 Å². The molecule has 2 aliphatic heterocycles. The normalized spacial score (nSPS) is 31.1. The first-order valence-electron chi connectivity index (χ1n) is 8.82. The summed E-state index contributed by atoms with van der Waals surface area (Å²) in [5.41, 5.74) is 1.27. The molecule has 22 heavy (non-hydrogen) atoms. The highest BCUT2D eigenvalue weighted by Crippen LogP contribution is 2.53. The van der Waals surface area contributed by atoms with Gasteiger partial charge in [-0.25, -0.2) is 8.61 Å². The van der Waals surface area contributed by atoms with Crippen LogP contribution >= 0.6 is 22.0 Å². The van der Waals surface area contributed by atoms with Crippen LogP contribution in [0.4, 0.5) is 0 Å². The van der Waals surface area contributed by atoms with Gasteiger partial charge >= 0.3 is 0 Å². The van der Waals surface area contributed by atoms with Crippen LogP contribution in [-0.2, 0) is 0 Å². The lowest BCUT2D eigenvalue weighted by molar-refractivity contribution is 0.0335. The molecule has 2 fully saturated rings. The Labute approximate surface area is 146 Å². The van der Waals surface area contributed by atoms with E-state index in [1.54, 1.807) is 0 Å². The van der Waals surface area contributed by atoms with Gasteiger partial charge < -0.3 is 0 Å². The summed E-state index contributed by atoms with van der Waals surface area (Å²) in [5.74, 6) is 0. The number of nitrogens with zero attached hydrogens (tertiary/aromatic N) is 2. The van der Waals surface area contributed by atoms with Crippen LogP contribution in [0.3, 0.4) is 0 Å². The van der Waals surface area contributed by atoms with Gasteiger partial charge in [0.05, 0.1) is 0 Å². The first-order valence-corrected chi connectivity index (χ1v) is 10.9. The van der Waals surface area contributed by atoms with Gasteiger partial charge in [-0.2, -0.15) is 0 Å². The number of hydrogen-bond acceptors (Lipinski definition) is 4. The Morgan fingerprint density at radius 3 is 1.23 bits per heavy atom. The quantitative estimate of drug-likeness (QED) is 0.457. The van der Waals surface area contributed by atoms with Gasteiger partial charge in [0.15, 0.2) is 0 Å². The zero-order chi connectivity index (χ0) is 16.8. The molecule has 0 N–H and O–H groups in total. The highest BCUT2D eigenvalue weighted by Gasteiger charge is 2.47. The highest BCUT2D eigenvalue weighted by molar-refractivity contribution is 8.74. The Morgan fingerprint density at radius 2 is 0.909 bits per heavy atom. The van der Waals surface area contributed by atoms with E-state index in [2.05, 4.69) is 64.0 Å². The standard InChI is InChI=1S/C18H36N2S2/c1-15(2)11-9-13-19(17(15,5)6)21-22-20-14-10-12-16(3,4)18(20,7)8/h9-14H2,1-8H3. The maximum absolute atomic E-state index is 2.64. The van der Waals surface area contributed by atoms with Crippen LogP contribution in [0, 0.1) is 10.8 Å². The van der Waals surface area contributed by atoms with Crippen LogP contribution in [0.25, 0.3) is 0 Å². The molecule has 0 radical (unpaired) electrons. The van der Waals surface area contributed by atoms with Crippen LogP contribution in [0.2, 0.25) is 0 Å². The second kappa shape index (κ2) is 6.16. The molecule has 0 atom stereocenters. The van der Waals surface area contributed by atoms with Crippen molar-refractivity contribution in [1.82, 2.24) is 8.61 Å². The fourth-order valence-electron chi connectivity index (χ4n) is 3.52. The lowest BCUT2D eigenvalue weighted by Crippen LogP contribution is -2.56. The van der Waals surface area contributed by atoms with Gasteiger partial charge in [-0.1, -0.05) is 27.7 Å². The van der Waals surface area contributed by atoms with Crippen LogP contribution in [0.5, 0.6) is 0 Å². The predicted molar refractivity (Wildman–Crippen MR) is 103 cm³/mol. The summed E-state index contributed by atoms with van der Waals surface area (Å²) in [5, 5.41) is 0. The van der Waals surface area contributed by atoms with Crippen molar-refractivity contribution in [3.8, 4) is 0 Å². The van der Waals surface area contributed by atoms with Crippen molar-refractivity contribution < 1.29 is 0 Å². The third kappa shape index (κ3) is 3.22. The molecule has 0 aromatic carbocycles. The van der Waals surface area contributed by atoms with Gasteiger partial charge in [0.1, 0.15) is 0 Å². The highest BCUT2D eigenvalue weighted by atomic mass is 33.1. The topological polar surface area (TPSA) is 6.48 Å². The molecule has 2 nitrogen and oxygen atoms in total. The van der Waals surface area contributed by atoms with Crippen molar-refractivity contribution in [1.29, 1.82) is 0 Å². The van der Waals surface area contributed by atoms with Crippen molar-refractivity contribution in [2.45, 2.75) is 92.2 Å². The Kier molecular flexibility index (Phi) is 5.31. The van der Waals surface area contributed by atoms with Crippen molar-refractivity contribution >= 4 is 22.0 Å². The molecule has 2 aliphatic rings. The summed E-state index contributed by atoms with van der Waals surface area (Å²) in [6.45, 7) is 21.8. The maximum Gasteiger partial charge on any atom is 0.0316 e. The lowest BCUT2D eigenvalue weighted by Gasteiger charge is -2.55. The first-order chi connectivity index (χ1) is 9.92. The molecule has 2 heterocycles. The van der Waals surface area contributed by atoms with Crippen LogP contribution in [0.1, 0.15) is 81.1 Å². The van der Waals surface area contributed by atoms with Crippen LogP contribution in [-0.4, -0.2) is 32.8 Å². The second-order valence-corrected chi connectivity index (χ2v) is 11.5. The van der Waals surface area contributed by atoms with E-state index in [1.165, 1.54) is 38.8 Å². The Hall–Kier alpha value is 0.620. The van der Waals surface area contributed by atoms with Crippen molar-refractivity contribution in [2.75, 3.05) is 13.1 Å². The third-order valence-electron chi connectivity index (χ3n) is 7.10. The summed E-state index contributed by atoms with van der Waals surface area (Å²) < 4.78 is 5.28. The molecule has 0 aliphatic carbocycles. The first kappa shape index (κ1) is 19.0. The van der Waals surface area contributed by atoms with Crippen LogP contribution in [0.15, 0.2) is 0 Å². The summed E-state index contributed by atoms with van der Waals surface area (Å²) in [4.78, 5) is 0. The third-order valence-corrected chi connectivity index (χ3v) is 10.1. The fourth-order valence-corrected chi connectivity index (χ4v) is 7.00. The molecule has 0 bridgehead atoms. The van der Waals surface area contributed by atoms with Gasteiger partial charge in [0, 0.05) is 46.1 Å². The van der Waals surface area contributed by atoms with Crippen molar-refractivity contribution in [3.05, 3.63) is 0 Å². The largest absolute Gasteiger partial charge is 0.234 e. The molecular weight excluding hydrogens is 308 g/mol. The molecule has 2 rings (SSSR count). The van der Waals surface area contributed by atoms with Gasteiger partial charge in [0.2, 0.25) is 0 Å². The molecule has 130 valence electrons. The minimum absolute atomic E-state index is 0.248. The molecule has 2 saturated heterocycles. The SMILES string of the molecule is CC1(C)CCCN(SSN2CCCC(C)(C)C2(C)C)C1(C)C. The van der Waals surface area contributed by atoms with Gasteiger partial charge in [-0.15, -0.1) is 0 Å². The molecular formula is C18H36N2S2. The number of hydrogen-bond donors (Lipinski definition) is 0. The van der Waals surface area contributed by atoms with Gasteiger partial charge in [-0.05, 0) is 64.2 Å².